The maximum atomic E-state index is 12.7. The Labute approximate surface area is 189 Å². The summed E-state index contributed by atoms with van der Waals surface area (Å²) in [5, 5.41) is 5.63. The van der Waals surface area contributed by atoms with E-state index >= 15 is 0 Å². The summed E-state index contributed by atoms with van der Waals surface area (Å²) in [5.41, 5.74) is 3.19. The molecule has 1 aromatic heterocycles. The molecule has 3 aromatic rings. The van der Waals surface area contributed by atoms with E-state index in [1.165, 1.54) is 45.7 Å². The van der Waals surface area contributed by atoms with E-state index in [4.69, 9.17) is 14.2 Å². The molecule has 0 saturated carbocycles. The molecule has 1 heterocycles. The maximum absolute atomic E-state index is 12.7. The Hall–Kier alpha value is -3.57. The molecule has 0 aliphatic carbocycles. The Balaban J connectivity index is 1.80. The molecule has 0 spiro atoms. The average molecular weight is 476 g/mol. The van der Waals surface area contributed by atoms with Gasteiger partial charge < -0.3 is 14.2 Å². The number of amides is 1. The lowest BCUT2D eigenvalue weighted by molar-refractivity contribution is 0.0956. The molecule has 1 amide bonds. The van der Waals surface area contributed by atoms with E-state index in [-0.39, 0.29) is 15.5 Å². The predicted molar refractivity (Wildman–Crippen MR) is 123 cm³/mol. The summed E-state index contributed by atoms with van der Waals surface area (Å²) in [5.74, 6) is 0.821. The van der Waals surface area contributed by atoms with Crippen molar-refractivity contribution in [3.8, 4) is 17.2 Å². The molecule has 2 N–H and O–H groups in total. The molecule has 0 aliphatic rings. The van der Waals surface area contributed by atoms with Crippen LogP contribution in [0.25, 0.3) is 0 Å². The molecular formula is C21H21N3O6S2. The second-order valence-corrected chi connectivity index (χ2v) is 9.09. The molecule has 0 saturated heterocycles. The summed E-state index contributed by atoms with van der Waals surface area (Å²) < 4.78 is 43.5. The van der Waals surface area contributed by atoms with Crippen LogP contribution in [-0.2, 0) is 10.0 Å². The fourth-order valence-corrected chi connectivity index (χ4v) is 4.83. The fourth-order valence-electron chi connectivity index (χ4n) is 2.76. The molecule has 0 unspecified atom stereocenters. The first-order valence-corrected chi connectivity index (χ1v) is 11.5. The van der Waals surface area contributed by atoms with Crippen LogP contribution < -0.4 is 24.4 Å². The predicted octanol–water partition coefficient (Wildman–Crippen LogP) is 3.34. The van der Waals surface area contributed by atoms with Crippen LogP contribution in [0.5, 0.6) is 17.2 Å². The van der Waals surface area contributed by atoms with Gasteiger partial charge >= 0.3 is 0 Å². The molecule has 0 fully saturated rings. The fraction of sp³-hybridized carbons (Fsp3) is 0.143. The summed E-state index contributed by atoms with van der Waals surface area (Å²) in [7, 11) is 0.699. The zero-order valence-electron chi connectivity index (χ0n) is 17.5. The second kappa shape index (κ2) is 10.2. The van der Waals surface area contributed by atoms with E-state index in [1.54, 1.807) is 35.7 Å². The van der Waals surface area contributed by atoms with Crippen molar-refractivity contribution in [2.75, 3.05) is 26.1 Å². The molecule has 0 radical (unpaired) electrons. The van der Waals surface area contributed by atoms with Crippen LogP contribution in [0.15, 0.2) is 63.2 Å². The van der Waals surface area contributed by atoms with Crippen LogP contribution in [0.4, 0.5) is 5.69 Å². The quantitative estimate of drug-likeness (QED) is 0.362. The number of sulfonamides is 1. The zero-order valence-corrected chi connectivity index (χ0v) is 19.1. The number of carbonyl (C=O) groups excluding carboxylic acids is 1. The number of thiophene rings is 1. The third-order valence-corrected chi connectivity index (χ3v) is 7.04. The third-order valence-electron chi connectivity index (χ3n) is 4.28. The van der Waals surface area contributed by atoms with Crippen molar-refractivity contribution in [1.82, 2.24) is 5.43 Å². The summed E-state index contributed by atoms with van der Waals surface area (Å²) in [6, 6.07) is 12.6. The van der Waals surface area contributed by atoms with Crippen LogP contribution in [0.3, 0.4) is 0 Å². The van der Waals surface area contributed by atoms with E-state index in [2.05, 4.69) is 15.2 Å². The van der Waals surface area contributed by atoms with Gasteiger partial charge in [-0.05, 0) is 29.6 Å². The molecule has 2 aromatic carbocycles. The number of benzene rings is 2. The first-order chi connectivity index (χ1) is 15.4. The van der Waals surface area contributed by atoms with E-state index in [1.807, 2.05) is 0 Å². The molecule has 168 valence electrons. The van der Waals surface area contributed by atoms with Gasteiger partial charge in [0, 0.05) is 11.6 Å². The number of nitrogens with zero attached hydrogens (tertiary/aromatic N) is 1. The molecule has 9 nitrogen and oxygen atoms in total. The molecule has 0 bridgehead atoms. The van der Waals surface area contributed by atoms with Gasteiger partial charge in [0.1, 0.15) is 9.96 Å². The Morgan fingerprint density at radius 1 is 0.969 bits per heavy atom. The number of hydrogen-bond acceptors (Lipinski definition) is 8. The second-order valence-electron chi connectivity index (χ2n) is 6.23. The number of anilines is 1. The standard InChI is InChI=1S/C21H21N3O6S2/c1-28-17-12-19(30-3)18(29-2)11-14(17)13-22-23-21(25)15-7-4-5-8-16(15)24-32(26,27)20-9-6-10-31-20/h4-13,24H,1-3H3,(H,23,25)/b22-13+. The average Bonchev–Trinajstić information content (AvgIpc) is 3.35. The highest BCUT2D eigenvalue weighted by atomic mass is 32.2. The monoisotopic (exact) mass is 475 g/mol. The maximum Gasteiger partial charge on any atom is 0.273 e. The van der Waals surface area contributed by atoms with Gasteiger partial charge in [-0.15, -0.1) is 11.3 Å². The van der Waals surface area contributed by atoms with Crippen molar-refractivity contribution in [2.24, 2.45) is 5.10 Å². The molecule has 0 aliphatic heterocycles. The van der Waals surface area contributed by atoms with Crippen LogP contribution in [0, 0.1) is 0 Å². The van der Waals surface area contributed by atoms with E-state index in [0.717, 1.165) is 11.3 Å². The Morgan fingerprint density at radius 3 is 2.31 bits per heavy atom. The van der Waals surface area contributed by atoms with Crippen molar-refractivity contribution in [3.05, 3.63) is 65.0 Å². The number of ether oxygens (including phenoxy) is 3. The minimum atomic E-state index is -3.81. The van der Waals surface area contributed by atoms with E-state index in [0.29, 0.717) is 22.8 Å². The highest BCUT2D eigenvalue weighted by Gasteiger charge is 2.19. The Bertz CT molecular complexity index is 1220. The number of hydrogen-bond donors (Lipinski definition) is 2. The molecular weight excluding hydrogens is 454 g/mol. The largest absolute Gasteiger partial charge is 0.496 e. The Morgan fingerprint density at radius 2 is 1.66 bits per heavy atom. The number of methoxy groups -OCH3 is 3. The van der Waals surface area contributed by atoms with Gasteiger partial charge in [-0.1, -0.05) is 18.2 Å². The van der Waals surface area contributed by atoms with Crippen molar-refractivity contribution in [2.45, 2.75) is 4.21 Å². The number of rotatable bonds is 9. The van der Waals surface area contributed by atoms with Crippen LogP contribution in [0.2, 0.25) is 0 Å². The first-order valence-electron chi connectivity index (χ1n) is 9.18. The minimum Gasteiger partial charge on any atom is -0.496 e. The SMILES string of the molecule is COc1cc(OC)c(OC)cc1/C=N/NC(=O)c1ccccc1NS(=O)(=O)c1cccs1. The number of hydrazone groups is 1. The highest BCUT2D eigenvalue weighted by Crippen LogP contribution is 2.33. The van der Waals surface area contributed by atoms with Gasteiger partial charge in [0.15, 0.2) is 11.5 Å². The normalized spacial score (nSPS) is 11.2. The zero-order chi connectivity index (χ0) is 23.1. The summed E-state index contributed by atoms with van der Waals surface area (Å²) in [4.78, 5) is 12.7. The molecule has 0 atom stereocenters. The summed E-state index contributed by atoms with van der Waals surface area (Å²) >= 11 is 1.08. The van der Waals surface area contributed by atoms with Crippen molar-refractivity contribution >= 4 is 39.2 Å². The van der Waals surface area contributed by atoms with Gasteiger partial charge in [-0.3, -0.25) is 9.52 Å². The van der Waals surface area contributed by atoms with Crippen molar-refractivity contribution in [3.63, 3.8) is 0 Å². The Kier molecular flexibility index (Phi) is 7.33. The topological polar surface area (TPSA) is 115 Å². The lowest BCUT2D eigenvalue weighted by atomic mass is 10.2. The smallest absolute Gasteiger partial charge is 0.273 e. The number of para-hydroxylation sites is 1. The van der Waals surface area contributed by atoms with Crippen molar-refractivity contribution < 1.29 is 27.4 Å². The summed E-state index contributed by atoms with van der Waals surface area (Å²) in [6.07, 6.45) is 1.39. The van der Waals surface area contributed by atoms with Crippen LogP contribution >= 0.6 is 11.3 Å². The lowest BCUT2D eigenvalue weighted by Crippen LogP contribution is -2.21. The first kappa shape index (κ1) is 23.1. The lowest BCUT2D eigenvalue weighted by Gasteiger charge is -2.12. The number of carbonyl (C=O) groups is 1. The minimum absolute atomic E-state index is 0.115. The highest BCUT2D eigenvalue weighted by molar-refractivity contribution is 7.94. The van der Waals surface area contributed by atoms with Gasteiger partial charge in [-0.25, -0.2) is 13.8 Å². The molecule has 11 heteroatoms. The van der Waals surface area contributed by atoms with Gasteiger partial charge in [0.05, 0.1) is 38.8 Å². The van der Waals surface area contributed by atoms with Gasteiger partial charge in [0.2, 0.25) is 0 Å². The molecule has 32 heavy (non-hydrogen) atoms. The van der Waals surface area contributed by atoms with E-state index in [9.17, 15) is 13.2 Å². The van der Waals surface area contributed by atoms with Crippen molar-refractivity contribution in [1.29, 1.82) is 0 Å². The van der Waals surface area contributed by atoms with Crippen LogP contribution in [-0.4, -0.2) is 41.9 Å². The third kappa shape index (κ3) is 5.18. The van der Waals surface area contributed by atoms with Gasteiger partial charge in [0.25, 0.3) is 15.9 Å². The van der Waals surface area contributed by atoms with Gasteiger partial charge in [-0.2, -0.15) is 5.10 Å². The van der Waals surface area contributed by atoms with E-state index < -0.39 is 15.9 Å². The van der Waals surface area contributed by atoms with Crippen LogP contribution in [0.1, 0.15) is 15.9 Å². The summed E-state index contributed by atoms with van der Waals surface area (Å²) in [6.45, 7) is 0. The molecule has 3 rings (SSSR count). The number of nitrogens with one attached hydrogen (secondary N) is 2.